The average molecular weight is 297 g/mol. The number of rotatable bonds is 9. The summed E-state index contributed by atoms with van der Waals surface area (Å²) in [5.41, 5.74) is 2.50. The van der Waals surface area contributed by atoms with Gasteiger partial charge in [0.15, 0.2) is 0 Å². The van der Waals surface area contributed by atoms with Crippen molar-refractivity contribution in [1.29, 1.82) is 0 Å². The maximum Gasteiger partial charge on any atom is 0.306 e. The lowest BCUT2D eigenvalue weighted by Gasteiger charge is -2.09. The molecule has 20 heavy (non-hydrogen) atoms. The third-order valence-electron chi connectivity index (χ3n) is 2.84. The number of hydrogen-bond acceptors (Lipinski definition) is 5. The number of methoxy groups -OCH3 is 2. The van der Waals surface area contributed by atoms with E-state index in [0.717, 1.165) is 25.4 Å². The Balaban J connectivity index is 2.40. The molecule has 0 aromatic heterocycles. The highest BCUT2D eigenvalue weighted by Gasteiger charge is 2.04. The predicted molar refractivity (Wildman–Crippen MR) is 82.1 cm³/mol. The second kappa shape index (κ2) is 9.80. The fraction of sp³-hybridized carbons (Fsp3) is 0.533. The summed E-state index contributed by atoms with van der Waals surface area (Å²) >= 11 is 1.69. The van der Waals surface area contributed by atoms with Crippen molar-refractivity contribution >= 4 is 17.7 Å². The van der Waals surface area contributed by atoms with Crippen molar-refractivity contribution in [3.8, 4) is 0 Å². The maximum absolute atomic E-state index is 11.1. The number of esters is 1. The van der Waals surface area contributed by atoms with Gasteiger partial charge < -0.3 is 14.8 Å². The zero-order chi connectivity index (χ0) is 14.8. The van der Waals surface area contributed by atoms with Crippen molar-refractivity contribution in [2.24, 2.45) is 0 Å². The lowest BCUT2D eigenvalue weighted by Crippen LogP contribution is -2.18. The van der Waals surface area contributed by atoms with Gasteiger partial charge in [-0.2, -0.15) is 0 Å². The van der Waals surface area contributed by atoms with Crippen molar-refractivity contribution in [3.63, 3.8) is 0 Å². The summed E-state index contributed by atoms with van der Waals surface area (Å²) in [5.74, 6) is 0.591. The quantitative estimate of drug-likeness (QED) is 0.431. The van der Waals surface area contributed by atoms with Crippen molar-refractivity contribution in [3.05, 3.63) is 29.3 Å². The van der Waals surface area contributed by atoms with Crippen molar-refractivity contribution in [2.75, 3.05) is 33.1 Å². The summed E-state index contributed by atoms with van der Waals surface area (Å²) in [6.45, 7) is 4.52. The Morgan fingerprint density at radius 3 is 2.80 bits per heavy atom. The molecule has 0 fully saturated rings. The zero-order valence-corrected chi connectivity index (χ0v) is 13.2. The van der Waals surface area contributed by atoms with Crippen LogP contribution in [0.4, 0.5) is 0 Å². The second-order valence-electron chi connectivity index (χ2n) is 4.44. The normalized spacial score (nSPS) is 10.6. The summed E-state index contributed by atoms with van der Waals surface area (Å²) in [6.07, 6.45) is 0.445. The molecule has 0 amide bonds. The molecule has 0 atom stereocenters. The minimum Gasteiger partial charge on any atom is -0.469 e. The molecule has 0 saturated heterocycles. The molecule has 4 nitrogen and oxygen atoms in total. The van der Waals surface area contributed by atoms with E-state index in [1.165, 1.54) is 23.1 Å². The van der Waals surface area contributed by atoms with Crippen LogP contribution >= 0.6 is 11.8 Å². The fourth-order valence-electron chi connectivity index (χ4n) is 1.74. The summed E-state index contributed by atoms with van der Waals surface area (Å²) in [5, 5.41) is 3.32. The van der Waals surface area contributed by atoms with Crippen LogP contribution in [0.2, 0.25) is 0 Å². The number of aryl methyl sites for hydroxylation is 1. The molecule has 5 heteroatoms. The molecule has 0 saturated carbocycles. The molecule has 112 valence electrons. The van der Waals surface area contributed by atoms with Gasteiger partial charge in [0.1, 0.15) is 0 Å². The fourth-order valence-corrected chi connectivity index (χ4v) is 2.68. The van der Waals surface area contributed by atoms with Gasteiger partial charge in [0.2, 0.25) is 0 Å². The van der Waals surface area contributed by atoms with Crippen LogP contribution in [0, 0.1) is 6.92 Å². The Morgan fingerprint density at radius 2 is 2.15 bits per heavy atom. The van der Waals surface area contributed by atoms with Crippen LogP contribution in [0.15, 0.2) is 23.1 Å². The Hall–Kier alpha value is -1.04. The largest absolute Gasteiger partial charge is 0.469 e. The van der Waals surface area contributed by atoms with E-state index in [1.807, 2.05) is 0 Å². The average Bonchev–Trinajstić information content (AvgIpc) is 2.45. The summed E-state index contributed by atoms with van der Waals surface area (Å²) < 4.78 is 9.62. The van der Waals surface area contributed by atoms with E-state index in [1.54, 1.807) is 18.9 Å². The van der Waals surface area contributed by atoms with Crippen LogP contribution < -0.4 is 5.32 Å². The molecule has 0 bridgehead atoms. The predicted octanol–water partition coefficient (Wildman–Crippen LogP) is 2.39. The lowest BCUT2D eigenvalue weighted by molar-refractivity contribution is -0.140. The van der Waals surface area contributed by atoms with Crippen molar-refractivity contribution < 1.29 is 14.3 Å². The first kappa shape index (κ1) is 17.0. The van der Waals surface area contributed by atoms with Gasteiger partial charge in [0, 0.05) is 30.8 Å². The first-order chi connectivity index (χ1) is 9.67. The third kappa shape index (κ3) is 6.41. The van der Waals surface area contributed by atoms with Gasteiger partial charge >= 0.3 is 5.97 Å². The van der Waals surface area contributed by atoms with Crippen LogP contribution in [-0.4, -0.2) is 39.1 Å². The minimum atomic E-state index is -0.158. The van der Waals surface area contributed by atoms with Gasteiger partial charge in [-0.25, -0.2) is 0 Å². The molecule has 0 aliphatic carbocycles. The molecular weight excluding hydrogens is 274 g/mol. The van der Waals surface area contributed by atoms with Crippen LogP contribution in [0.5, 0.6) is 0 Å². The van der Waals surface area contributed by atoms with Gasteiger partial charge in [-0.3, -0.25) is 4.79 Å². The van der Waals surface area contributed by atoms with E-state index in [9.17, 15) is 4.79 Å². The molecule has 1 rings (SSSR count). The number of carbonyl (C=O) groups is 1. The number of benzene rings is 1. The molecule has 1 aromatic carbocycles. The molecular formula is C15H23NO3S. The van der Waals surface area contributed by atoms with Gasteiger partial charge in [0.05, 0.1) is 20.1 Å². The maximum atomic E-state index is 11.1. The molecule has 0 aliphatic rings. The monoisotopic (exact) mass is 297 g/mol. The Morgan fingerprint density at radius 1 is 1.35 bits per heavy atom. The molecule has 0 radical (unpaired) electrons. The van der Waals surface area contributed by atoms with Crippen molar-refractivity contribution in [1.82, 2.24) is 5.32 Å². The number of hydrogen-bond donors (Lipinski definition) is 1. The van der Waals surface area contributed by atoms with Crippen LogP contribution in [0.3, 0.4) is 0 Å². The molecule has 0 spiro atoms. The van der Waals surface area contributed by atoms with Crippen molar-refractivity contribution in [2.45, 2.75) is 24.8 Å². The standard InChI is InChI=1S/C15H23NO3S/c1-12-10-13(11-16-7-8-18-2)4-5-14(12)20-9-6-15(17)19-3/h4-5,10,16H,6-9,11H2,1-3H3. The summed E-state index contributed by atoms with van der Waals surface area (Å²) in [7, 11) is 3.12. The first-order valence-electron chi connectivity index (χ1n) is 6.66. The molecule has 1 aromatic rings. The number of nitrogens with one attached hydrogen (secondary N) is 1. The topological polar surface area (TPSA) is 47.6 Å². The van der Waals surface area contributed by atoms with E-state index in [-0.39, 0.29) is 5.97 Å². The highest BCUT2D eigenvalue weighted by atomic mass is 32.2. The minimum absolute atomic E-state index is 0.158. The van der Waals surface area contributed by atoms with Gasteiger partial charge in [0.25, 0.3) is 0 Å². The van der Waals surface area contributed by atoms with Crippen LogP contribution in [0.1, 0.15) is 17.5 Å². The summed E-state index contributed by atoms with van der Waals surface area (Å²) in [6, 6.07) is 6.41. The molecule has 0 unspecified atom stereocenters. The van der Waals surface area contributed by atoms with E-state index in [4.69, 9.17) is 4.74 Å². The Labute approximate surface area is 125 Å². The van der Waals surface area contributed by atoms with E-state index in [0.29, 0.717) is 6.42 Å². The first-order valence-corrected chi connectivity index (χ1v) is 7.64. The van der Waals surface area contributed by atoms with Gasteiger partial charge in [-0.05, 0) is 24.1 Å². The highest BCUT2D eigenvalue weighted by Crippen LogP contribution is 2.24. The number of ether oxygens (including phenoxy) is 2. The second-order valence-corrected chi connectivity index (χ2v) is 5.58. The molecule has 1 N–H and O–H groups in total. The Bertz CT molecular complexity index is 424. The smallest absolute Gasteiger partial charge is 0.306 e. The Kier molecular flexibility index (Phi) is 8.34. The summed E-state index contributed by atoms with van der Waals surface area (Å²) in [4.78, 5) is 12.3. The van der Waals surface area contributed by atoms with Crippen LogP contribution in [0.25, 0.3) is 0 Å². The lowest BCUT2D eigenvalue weighted by atomic mass is 10.1. The molecule has 0 heterocycles. The SMILES string of the molecule is COCCNCc1ccc(SCCC(=O)OC)c(C)c1. The van der Waals surface area contributed by atoms with E-state index < -0.39 is 0 Å². The number of thioether (sulfide) groups is 1. The third-order valence-corrected chi connectivity index (χ3v) is 4.02. The number of carbonyl (C=O) groups excluding carboxylic acids is 1. The van der Waals surface area contributed by atoms with E-state index in [2.05, 4.69) is 35.2 Å². The van der Waals surface area contributed by atoms with Gasteiger partial charge in [-0.1, -0.05) is 12.1 Å². The van der Waals surface area contributed by atoms with Crippen LogP contribution in [-0.2, 0) is 20.8 Å². The zero-order valence-electron chi connectivity index (χ0n) is 12.4. The highest BCUT2D eigenvalue weighted by molar-refractivity contribution is 7.99. The van der Waals surface area contributed by atoms with Gasteiger partial charge in [-0.15, -0.1) is 11.8 Å². The van der Waals surface area contributed by atoms with E-state index >= 15 is 0 Å². The molecule has 0 aliphatic heterocycles.